The van der Waals surface area contributed by atoms with Crippen LogP contribution in [0.5, 0.6) is 0 Å². The lowest BCUT2D eigenvalue weighted by Gasteiger charge is -2.36. The van der Waals surface area contributed by atoms with E-state index in [2.05, 4.69) is 10.6 Å². The number of rotatable bonds is 8. The lowest BCUT2D eigenvalue weighted by atomic mass is 9.78. The van der Waals surface area contributed by atoms with Crippen molar-refractivity contribution in [3.8, 4) is 0 Å². The molecule has 2 heterocycles. The van der Waals surface area contributed by atoms with E-state index in [1.165, 1.54) is 6.07 Å². The van der Waals surface area contributed by atoms with Crippen molar-refractivity contribution in [1.29, 1.82) is 0 Å². The highest BCUT2D eigenvalue weighted by Gasteiger charge is 2.45. The van der Waals surface area contributed by atoms with Crippen LogP contribution in [0.25, 0.3) is 11.0 Å². The van der Waals surface area contributed by atoms with Crippen LogP contribution in [0.1, 0.15) is 74.9 Å². The molecule has 1 saturated heterocycles. The standard InChI is InChI=1S/C34H40FN3O7/c1-34(2,3)45-33(43)37-26(19-35)21-9-11-22(12-10-21)31(40)38-16-15-25(20-7-5-4-6-8-20)29(38)30(39)36-24-13-14-27-23(17-24)18-28(44-27)32(41)42/h4-8,13-14,17-18,21-22,25-26,29H,9-12,15-16,19H2,1-3H3,(H,36,39)(H,37,43)(H,41,42)/t21?,22?,25-,26?,29-/m0/s1. The zero-order valence-electron chi connectivity index (χ0n) is 25.8. The van der Waals surface area contributed by atoms with Gasteiger partial charge in [-0.1, -0.05) is 30.3 Å². The quantitative estimate of drug-likeness (QED) is 0.275. The topological polar surface area (TPSA) is 138 Å². The van der Waals surface area contributed by atoms with Crippen LogP contribution in [0.15, 0.2) is 59.0 Å². The Balaban J connectivity index is 1.29. The van der Waals surface area contributed by atoms with E-state index in [0.29, 0.717) is 55.3 Å². The summed E-state index contributed by atoms with van der Waals surface area (Å²) in [5.41, 5.74) is 1.12. The number of furan rings is 1. The monoisotopic (exact) mass is 621 g/mol. The normalized spacial score (nSPS) is 22.5. The average molecular weight is 622 g/mol. The van der Waals surface area contributed by atoms with E-state index < -0.39 is 36.4 Å². The number of anilines is 1. The van der Waals surface area contributed by atoms with E-state index in [1.54, 1.807) is 43.9 Å². The highest BCUT2D eigenvalue weighted by Crippen LogP contribution is 2.39. The molecule has 5 rings (SSSR count). The molecular weight excluding hydrogens is 581 g/mol. The highest BCUT2D eigenvalue weighted by molar-refractivity contribution is 6.00. The number of ether oxygens (including phenoxy) is 1. The third kappa shape index (κ3) is 7.46. The number of carboxylic acids is 1. The summed E-state index contributed by atoms with van der Waals surface area (Å²) < 4.78 is 24.6. The van der Waals surface area contributed by atoms with E-state index in [4.69, 9.17) is 9.15 Å². The third-order valence-corrected chi connectivity index (χ3v) is 8.73. The number of aromatic carboxylic acids is 1. The molecule has 10 nitrogen and oxygen atoms in total. The predicted molar refractivity (Wildman–Crippen MR) is 166 cm³/mol. The Kier molecular flexibility index (Phi) is 9.45. The molecule has 0 spiro atoms. The van der Waals surface area contributed by atoms with Gasteiger partial charge in [-0.15, -0.1) is 0 Å². The number of fused-ring (bicyclic) bond motifs is 1. The Hall–Kier alpha value is -4.41. The summed E-state index contributed by atoms with van der Waals surface area (Å²) in [4.78, 5) is 53.2. The molecule has 3 N–H and O–H groups in total. The molecule has 1 unspecified atom stereocenters. The van der Waals surface area contributed by atoms with E-state index >= 15 is 0 Å². The van der Waals surface area contributed by atoms with Gasteiger partial charge in [0.2, 0.25) is 17.6 Å². The van der Waals surface area contributed by atoms with Crippen LogP contribution in [0.2, 0.25) is 0 Å². The first-order valence-electron chi connectivity index (χ1n) is 15.4. The maximum atomic E-state index is 14.0. The molecule has 2 aliphatic rings. The van der Waals surface area contributed by atoms with Gasteiger partial charge in [-0.3, -0.25) is 9.59 Å². The van der Waals surface area contributed by atoms with Crippen molar-refractivity contribution in [1.82, 2.24) is 10.2 Å². The number of alkyl halides is 1. The zero-order chi connectivity index (χ0) is 32.3. The molecule has 1 saturated carbocycles. The molecule has 0 radical (unpaired) electrons. The van der Waals surface area contributed by atoms with E-state index in [9.17, 15) is 28.7 Å². The number of likely N-dealkylation sites (tertiary alicyclic amines) is 1. The molecule has 0 bridgehead atoms. The molecule has 2 aromatic carbocycles. The second-order valence-electron chi connectivity index (χ2n) is 13.0. The van der Waals surface area contributed by atoms with Crippen LogP contribution in [0, 0.1) is 11.8 Å². The van der Waals surface area contributed by atoms with Crippen molar-refractivity contribution in [3.05, 3.63) is 65.9 Å². The summed E-state index contributed by atoms with van der Waals surface area (Å²) >= 11 is 0. The van der Waals surface area contributed by atoms with E-state index in [0.717, 1.165) is 5.56 Å². The Morgan fingerprint density at radius 3 is 2.38 bits per heavy atom. The number of hydrogen-bond donors (Lipinski definition) is 3. The lowest BCUT2D eigenvalue weighted by Crippen LogP contribution is -2.49. The summed E-state index contributed by atoms with van der Waals surface area (Å²) in [5.74, 6) is -2.46. The number of nitrogens with zero attached hydrogens (tertiary/aromatic N) is 1. The van der Waals surface area contributed by atoms with Gasteiger partial charge >= 0.3 is 12.1 Å². The van der Waals surface area contributed by atoms with Crippen LogP contribution in [-0.2, 0) is 14.3 Å². The number of nitrogens with one attached hydrogen (secondary N) is 2. The minimum Gasteiger partial charge on any atom is -0.475 e. The SMILES string of the molecule is CC(C)(C)OC(=O)NC(CF)C1CCC(C(=O)N2CC[C@@H](c3ccccc3)[C@H]2C(=O)Nc2ccc3oc(C(=O)O)cc3c2)CC1. The Morgan fingerprint density at radius 1 is 1.02 bits per heavy atom. The molecule has 240 valence electrons. The van der Waals surface area contributed by atoms with Gasteiger partial charge in [0.05, 0.1) is 6.04 Å². The summed E-state index contributed by atoms with van der Waals surface area (Å²) in [6.45, 7) is 4.94. The van der Waals surface area contributed by atoms with Gasteiger partial charge in [-0.05, 0) is 88.6 Å². The fraction of sp³-hybridized carbons (Fsp3) is 0.471. The van der Waals surface area contributed by atoms with Crippen LogP contribution in [0.4, 0.5) is 14.9 Å². The van der Waals surface area contributed by atoms with Crippen molar-refractivity contribution in [2.24, 2.45) is 11.8 Å². The first kappa shape index (κ1) is 32.0. The number of hydrogen-bond acceptors (Lipinski definition) is 6. The summed E-state index contributed by atoms with van der Waals surface area (Å²) in [5, 5.41) is 15.4. The van der Waals surface area contributed by atoms with Crippen molar-refractivity contribution in [2.75, 3.05) is 18.5 Å². The smallest absolute Gasteiger partial charge is 0.407 e. The van der Waals surface area contributed by atoms with Crippen molar-refractivity contribution >= 4 is 40.5 Å². The maximum Gasteiger partial charge on any atom is 0.407 e. The first-order valence-corrected chi connectivity index (χ1v) is 15.4. The van der Waals surface area contributed by atoms with Crippen LogP contribution < -0.4 is 10.6 Å². The first-order chi connectivity index (χ1) is 21.4. The maximum absolute atomic E-state index is 14.0. The van der Waals surface area contributed by atoms with Gasteiger partial charge in [-0.25, -0.2) is 14.0 Å². The van der Waals surface area contributed by atoms with Gasteiger partial charge in [0.25, 0.3) is 0 Å². The number of benzene rings is 2. The molecule has 2 fully saturated rings. The van der Waals surface area contributed by atoms with Crippen LogP contribution in [0.3, 0.4) is 0 Å². The summed E-state index contributed by atoms with van der Waals surface area (Å²) in [6, 6.07) is 14.5. The van der Waals surface area contributed by atoms with Crippen molar-refractivity contribution < 1.29 is 37.8 Å². The van der Waals surface area contributed by atoms with Crippen molar-refractivity contribution in [2.45, 2.75) is 76.5 Å². The zero-order valence-corrected chi connectivity index (χ0v) is 25.8. The third-order valence-electron chi connectivity index (χ3n) is 8.73. The Bertz CT molecular complexity index is 1540. The van der Waals surface area contributed by atoms with Gasteiger partial charge < -0.3 is 29.8 Å². The number of carboxylic acid groups (broad SMARTS) is 1. The summed E-state index contributed by atoms with van der Waals surface area (Å²) in [6.07, 6.45) is 2.15. The number of halogens is 1. The molecule has 3 atom stereocenters. The van der Waals surface area contributed by atoms with Gasteiger partial charge in [0, 0.05) is 29.5 Å². The second kappa shape index (κ2) is 13.3. The second-order valence-corrected chi connectivity index (χ2v) is 13.0. The highest BCUT2D eigenvalue weighted by atomic mass is 19.1. The van der Waals surface area contributed by atoms with Gasteiger partial charge in [-0.2, -0.15) is 0 Å². The number of alkyl carbamates (subject to hydrolysis) is 1. The fourth-order valence-corrected chi connectivity index (χ4v) is 6.60. The summed E-state index contributed by atoms with van der Waals surface area (Å²) in [7, 11) is 0. The molecule has 3 aromatic rings. The predicted octanol–water partition coefficient (Wildman–Crippen LogP) is 6.12. The van der Waals surface area contributed by atoms with Crippen molar-refractivity contribution in [3.63, 3.8) is 0 Å². The molecule has 1 aliphatic heterocycles. The molecule has 11 heteroatoms. The van der Waals surface area contributed by atoms with E-state index in [-0.39, 0.29) is 35.3 Å². The number of amides is 3. The largest absolute Gasteiger partial charge is 0.475 e. The Morgan fingerprint density at radius 2 is 1.73 bits per heavy atom. The minimum absolute atomic E-state index is 0.0969. The van der Waals surface area contributed by atoms with E-state index in [1.807, 2.05) is 30.3 Å². The Labute approximate surface area is 261 Å². The van der Waals surface area contributed by atoms with Crippen LogP contribution in [-0.4, -0.2) is 64.8 Å². The fourth-order valence-electron chi connectivity index (χ4n) is 6.60. The number of carbonyl (C=O) groups excluding carboxylic acids is 3. The minimum atomic E-state index is -1.18. The lowest BCUT2D eigenvalue weighted by molar-refractivity contribution is -0.141. The average Bonchev–Trinajstić information content (AvgIpc) is 3.64. The van der Waals surface area contributed by atoms with Crippen LogP contribution >= 0.6 is 0 Å². The molecule has 1 aromatic heterocycles. The van der Waals surface area contributed by atoms with Gasteiger partial charge in [0.15, 0.2) is 0 Å². The number of carbonyl (C=O) groups is 4. The molecular formula is C34H40FN3O7. The molecule has 1 aliphatic carbocycles. The molecule has 45 heavy (non-hydrogen) atoms. The molecule has 3 amide bonds. The van der Waals surface area contributed by atoms with Gasteiger partial charge in [0.1, 0.15) is 23.9 Å².